The van der Waals surface area contributed by atoms with Gasteiger partial charge in [-0.15, -0.1) is 0 Å². The molecule has 2 saturated heterocycles. The summed E-state index contributed by atoms with van der Waals surface area (Å²) in [4.78, 5) is 34.7. The predicted octanol–water partition coefficient (Wildman–Crippen LogP) is 2.86. The first-order chi connectivity index (χ1) is 13.8. The molecule has 2 fully saturated rings. The first-order valence-electron chi connectivity index (χ1n) is 9.25. The Morgan fingerprint density at radius 2 is 1.83 bits per heavy atom. The number of halogens is 3. The van der Waals surface area contributed by atoms with Crippen LogP contribution in [-0.4, -0.2) is 63.8 Å². The maximum absolute atomic E-state index is 12.7. The molecule has 1 atom stereocenters. The van der Waals surface area contributed by atoms with Crippen molar-refractivity contribution in [1.29, 1.82) is 0 Å². The Bertz CT molecular complexity index is 902. The highest BCUT2D eigenvalue weighted by molar-refractivity contribution is 5.94. The van der Waals surface area contributed by atoms with Gasteiger partial charge < -0.3 is 14.7 Å². The molecule has 0 spiro atoms. The number of amides is 3. The summed E-state index contributed by atoms with van der Waals surface area (Å²) in [6.45, 7) is 1.98. The molecule has 6 nitrogen and oxygen atoms in total. The summed E-state index contributed by atoms with van der Waals surface area (Å²) in [7, 11) is 0. The van der Waals surface area contributed by atoms with Crippen molar-refractivity contribution in [3.05, 3.63) is 65.5 Å². The van der Waals surface area contributed by atoms with E-state index in [4.69, 9.17) is 0 Å². The standard InChI is InChI=1S/C20H19F3N4O2/c21-20(22,23)15-6-4-14(5-7-15)18(28)25-9-10-27-17(12-25)13-26(19(27)29)11-16-3-1-2-8-24-16/h1-8,17H,9-13H2/t17-/m1/s1. The van der Waals surface area contributed by atoms with Gasteiger partial charge in [-0.25, -0.2) is 4.79 Å². The van der Waals surface area contributed by atoms with E-state index in [1.54, 1.807) is 20.9 Å². The molecule has 2 aromatic rings. The lowest BCUT2D eigenvalue weighted by Gasteiger charge is -2.36. The zero-order valence-electron chi connectivity index (χ0n) is 15.5. The summed E-state index contributed by atoms with van der Waals surface area (Å²) >= 11 is 0. The second-order valence-electron chi connectivity index (χ2n) is 7.16. The third kappa shape index (κ3) is 3.90. The molecule has 4 rings (SSSR count). The van der Waals surface area contributed by atoms with Crippen LogP contribution in [0.1, 0.15) is 21.6 Å². The van der Waals surface area contributed by atoms with Gasteiger partial charge in [-0.1, -0.05) is 6.07 Å². The van der Waals surface area contributed by atoms with Crippen LogP contribution >= 0.6 is 0 Å². The molecular formula is C20H19F3N4O2. The van der Waals surface area contributed by atoms with Crippen LogP contribution < -0.4 is 0 Å². The lowest BCUT2D eigenvalue weighted by molar-refractivity contribution is -0.137. The molecule has 0 N–H and O–H groups in total. The summed E-state index contributed by atoms with van der Waals surface area (Å²) in [5.41, 5.74) is 0.213. The summed E-state index contributed by atoms with van der Waals surface area (Å²) in [6, 6.07) is 9.53. The third-order valence-corrected chi connectivity index (χ3v) is 5.26. The van der Waals surface area contributed by atoms with Crippen LogP contribution in [0.3, 0.4) is 0 Å². The Balaban J connectivity index is 1.42. The maximum atomic E-state index is 12.7. The van der Waals surface area contributed by atoms with E-state index in [1.807, 2.05) is 18.2 Å². The smallest absolute Gasteiger partial charge is 0.335 e. The minimum absolute atomic E-state index is 0.0812. The number of alkyl halides is 3. The monoisotopic (exact) mass is 404 g/mol. The van der Waals surface area contributed by atoms with Crippen LogP contribution in [-0.2, 0) is 12.7 Å². The highest BCUT2D eigenvalue weighted by Gasteiger charge is 2.41. The zero-order valence-corrected chi connectivity index (χ0v) is 15.5. The Morgan fingerprint density at radius 3 is 2.48 bits per heavy atom. The molecule has 1 aromatic heterocycles. The summed E-state index contributed by atoms with van der Waals surface area (Å²) in [6.07, 6.45) is -2.76. The summed E-state index contributed by atoms with van der Waals surface area (Å²) < 4.78 is 38.1. The van der Waals surface area contributed by atoms with Crippen LogP contribution in [0.4, 0.5) is 18.0 Å². The zero-order chi connectivity index (χ0) is 20.6. The lowest BCUT2D eigenvalue weighted by atomic mass is 10.1. The topological polar surface area (TPSA) is 56.8 Å². The van der Waals surface area contributed by atoms with Gasteiger partial charge in [-0.2, -0.15) is 13.2 Å². The number of aromatic nitrogens is 1. The average Bonchev–Trinajstić information content (AvgIpc) is 3.02. The maximum Gasteiger partial charge on any atom is 0.416 e. The molecule has 3 heterocycles. The van der Waals surface area contributed by atoms with E-state index >= 15 is 0 Å². The van der Waals surface area contributed by atoms with Gasteiger partial charge in [0.05, 0.1) is 23.8 Å². The second-order valence-corrected chi connectivity index (χ2v) is 7.16. The van der Waals surface area contributed by atoms with Crippen molar-refractivity contribution in [3.63, 3.8) is 0 Å². The van der Waals surface area contributed by atoms with Crippen molar-refractivity contribution >= 4 is 11.9 Å². The highest BCUT2D eigenvalue weighted by Crippen LogP contribution is 2.29. The van der Waals surface area contributed by atoms with Crippen molar-refractivity contribution in [2.75, 3.05) is 26.2 Å². The van der Waals surface area contributed by atoms with Crippen LogP contribution in [0.25, 0.3) is 0 Å². The van der Waals surface area contributed by atoms with Crippen LogP contribution in [0.15, 0.2) is 48.7 Å². The van der Waals surface area contributed by atoms with Gasteiger partial charge in [0.2, 0.25) is 0 Å². The van der Waals surface area contributed by atoms with E-state index in [1.165, 1.54) is 12.1 Å². The van der Waals surface area contributed by atoms with Crippen LogP contribution in [0, 0.1) is 0 Å². The van der Waals surface area contributed by atoms with Gasteiger partial charge in [-0.3, -0.25) is 9.78 Å². The summed E-state index contributed by atoms with van der Waals surface area (Å²) in [5, 5.41) is 0. The van der Waals surface area contributed by atoms with E-state index in [-0.39, 0.29) is 23.5 Å². The minimum Gasteiger partial charge on any atom is -0.335 e. The van der Waals surface area contributed by atoms with E-state index in [9.17, 15) is 22.8 Å². The minimum atomic E-state index is -4.44. The molecule has 152 valence electrons. The number of urea groups is 1. The van der Waals surface area contributed by atoms with Gasteiger partial charge in [0.1, 0.15) is 0 Å². The number of pyridine rings is 1. The number of carbonyl (C=O) groups is 2. The first-order valence-corrected chi connectivity index (χ1v) is 9.25. The molecule has 9 heteroatoms. The molecule has 0 saturated carbocycles. The second kappa shape index (κ2) is 7.38. The van der Waals surface area contributed by atoms with Crippen molar-refractivity contribution in [2.24, 2.45) is 0 Å². The van der Waals surface area contributed by atoms with E-state index in [0.29, 0.717) is 32.7 Å². The van der Waals surface area contributed by atoms with Gasteiger partial charge in [0, 0.05) is 37.9 Å². The fourth-order valence-electron chi connectivity index (χ4n) is 3.77. The Hall–Kier alpha value is -3.10. The molecular weight excluding hydrogens is 385 g/mol. The normalized spacial score (nSPS) is 19.5. The first kappa shape index (κ1) is 19.2. The number of carbonyl (C=O) groups excluding carboxylic acids is 2. The lowest BCUT2D eigenvalue weighted by Crippen LogP contribution is -2.53. The fourth-order valence-corrected chi connectivity index (χ4v) is 3.77. The van der Waals surface area contributed by atoms with Crippen molar-refractivity contribution in [1.82, 2.24) is 19.7 Å². The Morgan fingerprint density at radius 1 is 1.07 bits per heavy atom. The van der Waals surface area contributed by atoms with Crippen molar-refractivity contribution in [2.45, 2.75) is 18.8 Å². The summed E-state index contributed by atoms with van der Waals surface area (Å²) in [5.74, 6) is -0.325. The fraction of sp³-hybridized carbons (Fsp3) is 0.350. The Labute approximate surface area is 165 Å². The van der Waals surface area contributed by atoms with Crippen molar-refractivity contribution in [3.8, 4) is 0 Å². The van der Waals surface area contributed by atoms with Crippen LogP contribution in [0.2, 0.25) is 0 Å². The van der Waals surface area contributed by atoms with Gasteiger partial charge >= 0.3 is 12.2 Å². The average molecular weight is 404 g/mol. The number of fused-ring (bicyclic) bond motifs is 1. The molecule has 3 amide bonds. The molecule has 0 bridgehead atoms. The van der Waals surface area contributed by atoms with Gasteiger partial charge in [0.25, 0.3) is 5.91 Å². The molecule has 1 aromatic carbocycles. The number of hydrogen-bond donors (Lipinski definition) is 0. The predicted molar refractivity (Wildman–Crippen MR) is 97.9 cm³/mol. The number of piperazine rings is 1. The highest BCUT2D eigenvalue weighted by atomic mass is 19.4. The Kier molecular flexibility index (Phi) is 4.89. The SMILES string of the molecule is O=C(c1ccc(C(F)(F)F)cc1)N1CCN2C(=O)N(Cc3ccccn3)C[C@H]2C1. The van der Waals surface area contributed by atoms with Crippen molar-refractivity contribution < 1.29 is 22.8 Å². The number of hydrogen-bond acceptors (Lipinski definition) is 3. The third-order valence-electron chi connectivity index (χ3n) is 5.26. The molecule has 0 unspecified atom stereocenters. The van der Waals surface area contributed by atoms with E-state index in [0.717, 1.165) is 17.8 Å². The number of benzene rings is 1. The molecule has 0 radical (unpaired) electrons. The number of rotatable bonds is 3. The molecule has 0 aliphatic carbocycles. The number of nitrogens with zero attached hydrogens (tertiary/aromatic N) is 4. The quantitative estimate of drug-likeness (QED) is 0.791. The van der Waals surface area contributed by atoms with Crippen LogP contribution in [0.5, 0.6) is 0 Å². The largest absolute Gasteiger partial charge is 0.416 e. The van der Waals surface area contributed by atoms with Gasteiger partial charge in [0.15, 0.2) is 0 Å². The molecule has 29 heavy (non-hydrogen) atoms. The molecule has 2 aliphatic heterocycles. The molecule has 2 aliphatic rings. The van der Waals surface area contributed by atoms with E-state index in [2.05, 4.69) is 4.98 Å². The van der Waals surface area contributed by atoms with Gasteiger partial charge in [-0.05, 0) is 36.4 Å². The van der Waals surface area contributed by atoms with E-state index < -0.39 is 11.7 Å².